The average molecular weight is 1060 g/mol. The number of benzene rings is 9. The second-order valence-corrected chi connectivity index (χ2v) is 27.5. The number of rotatable bonds is 6. The molecular formula is C76H73N5. The van der Waals surface area contributed by atoms with Crippen molar-refractivity contribution < 1.29 is 0 Å². The highest BCUT2D eigenvalue weighted by Crippen LogP contribution is 2.52. The molecule has 0 fully saturated rings. The molecule has 0 atom stereocenters. The van der Waals surface area contributed by atoms with Crippen LogP contribution in [0.2, 0.25) is 0 Å². The molecule has 1 aliphatic rings. The fourth-order valence-electron chi connectivity index (χ4n) is 12.6. The molecule has 0 amide bonds. The second kappa shape index (κ2) is 18.3. The summed E-state index contributed by atoms with van der Waals surface area (Å²) < 4.78 is 4.92. The zero-order valence-electron chi connectivity index (χ0n) is 49.6. The molecule has 0 spiro atoms. The lowest BCUT2D eigenvalue weighted by Crippen LogP contribution is -2.17. The fourth-order valence-corrected chi connectivity index (χ4v) is 12.6. The van der Waals surface area contributed by atoms with Gasteiger partial charge in [0.25, 0.3) is 0 Å². The van der Waals surface area contributed by atoms with Gasteiger partial charge in [0.05, 0.1) is 33.4 Å². The maximum absolute atomic E-state index is 5.77. The first kappa shape index (κ1) is 52.0. The number of fused-ring (bicyclic) bond motifs is 9. The number of hydrogen-bond donors (Lipinski definition) is 0. The lowest BCUT2D eigenvalue weighted by Gasteiger charge is -2.26. The van der Waals surface area contributed by atoms with Crippen LogP contribution < -0.4 is 0 Å². The van der Waals surface area contributed by atoms with Gasteiger partial charge in [-0.3, -0.25) is 0 Å². The highest BCUT2D eigenvalue weighted by Gasteiger charge is 2.37. The molecule has 81 heavy (non-hydrogen) atoms. The predicted octanol–water partition coefficient (Wildman–Crippen LogP) is 20.2. The summed E-state index contributed by atoms with van der Waals surface area (Å²) >= 11 is 0. The molecule has 5 heteroatoms. The molecule has 402 valence electrons. The van der Waals surface area contributed by atoms with Crippen molar-refractivity contribution in [1.82, 2.24) is 24.1 Å². The summed E-state index contributed by atoms with van der Waals surface area (Å²) in [6, 6.07) is 70.2. The maximum atomic E-state index is 5.77. The Morgan fingerprint density at radius 1 is 0.296 bits per heavy atom. The SMILES string of the molecule is CC(C)(C)c1cc(-c2nc(-c3cc(C(C)(C)C)cc(C(C)(C)C)c3)nc(-c3cc(-c4ccccc4-n4c5ccccc5c5ccccc54)ccc3-n3c4ccccc4c4cc5c(cc43)C(C)(C)c3ccccc3-5)n2)cc(C(C)(C)C)c1. The van der Waals surface area contributed by atoms with E-state index in [0.717, 1.165) is 61.3 Å². The van der Waals surface area contributed by atoms with Crippen molar-refractivity contribution in [2.24, 2.45) is 0 Å². The third-order valence-corrected chi connectivity index (χ3v) is 17.4. The van der Waals surface area contributed by atoms with E-state index in [1.165, 1.54) is 66.1 Å². The van der Waals surface area contributed by atoms with Gasteiger partial charge in [-0.25, -0.2) is 15.0 Å². The Morgan fingerprint density at radius 3 is 1.21 bits per heavy atom. The Balaban J connectivity index is 1.15. The quantitative estimate of drug-likeness (QED) is 0.167. The minimum atomic E-state index is -0.205. The van der Waals surface area contributed by atoms with Gasteiger partial charge >= 0.3 is 0 Å². The summed E-state index contributed by atoms with van der Waals surface area (Å²) in [6.07, 6.45) is 0. The molecule has 0 N–H and O–H groups in total. The largest absolute Gasteiger partial charge is 0.309 e. The normalized spacial score (nSPS) is 13.7. The Labute approximate surface area is 478 Å². The predicted molar refractivity (Wildman–Crippen MR) is 343 cm³/mol. The van der Waals surface area contributed by atoms with Crippen LogP contribution in [0.4, 0.5) is 0 Å². The molecule has 5 nitrogen and oxygen atoms in total. The van der Waals surface area contributed by atoms with E-state index in [1.54, 1.807) is 0 Å². The molecule has 0 bridgehead atoms. The summed E-state index contributed by atoms with van der Waals surface area (Å²) in [6.45, 7) is 32.3. The van der Waals surface area contributed by atoms with Crippen LogP contribution in [0.3, 0.4) is 0 Å². The molecule has 1 aliphatic carbocycles. The van der Waals surface area contributed by atoms with Gasteiger partial charge < -0.3 is 9.13 Å². The van der Waals surface area contributed by atoms with Crippen LogP contribution in [-0.4, -0.2) is 24.1 Å². The third-order valence-electron chi connectivity index (χ3n) is 17.4. The molecule has 12 aromatic rings. The van der Waals surface area contributed by atoms with Crippen molar-refractivity contribution in [2.75, 3.05) is 0 Å². The van der Waals surface area contributed by atoms with Crippen molar-refractivity contribution in [3.05, 3.63) is 221 Å². The van der Waals surface area contributed by atoms with Crippen molar-refractivity contribution in [1.29, 1.82) is 0 Å². The zero-order valence-corrected chi connectivity index (χ0v) is 49.6. The summed E-state index contributed by atoms with van der Waals surface area (Å²) in [5, 5.41) is 4.86. The first-order valence-corrected chi connectivity index (χ1v) is 28.9. The van der Waals surface area contributed by atoms with Gasteiger partial charge in [0, 0.05) is 49.2 Å². The van der Waals surface area contributed by atoms with Crippen LogP contribution in [0.5, 0.6) is 0 Å². The number of aromatic nitrogens is 5. The molecule has 0 aliphatic heterocycles. The smallest absolute Gasteiger partial charge is 0.166 e. The van der Waals surface area contributed by atoms with Crippen molar-refractivity contribution in [2.45, 2.75) is 124 Å². The maximum Gasteiger partial charge on any atom is 0.166 e. The van der Waals surface area contributed by atoms with E-state index in [-0.39, 0.29) is 27.1 Å². The zero-order chi connectivity index (χ0) is 56.7. The first-order chi connectivity index (χ1) is 38.4. The van der Waals surface area contributed by atoms with E-state index in [2.05, 4.69) is 294 Å². The minimum Gasteiger partial charge on any atom is -0.309 e. The van der Waals surface area contributed by atoms with E-state index >= 15 is 0 Å². The van der Waals surface area contributed by atoms with E-state index < -0.39 is 0 Å². The number of hydrogen-bond acceptors (Lipinski definition) is 3. The van der Waals surface area contributed by atoms with Crippen LogP contribution in [0.15, 0.2) is 188 Å². The molecule has 3 heterocycles. The van der Waals surface area contributed by atoms with Crippen molar-refractivity contribution >= 4 is 43.6 Å². The van der Waals surface area contributed by atoms with Crippen LogP contribution in [0.25, 0.3) is 111 Å². The van der Waals surface area contributed by atoms with E-state index in [9.17, 15) is 0 Å². The summed E-state index contributed by atoms with van der Waals surface area (Å²) in [7, 11) is 0. The minimum absolute atomic E-state index is 0.130. The lowest BCUT2D eigenvalue weighted by atomic mass is 9.79. The highest BCUT2D eigenvalue weighted by molar-refractivity contribution is 6.13. The summed E-state index contributed by atoms with van der Waals surface area (Å²) in [5.41, 5.74) is 21.2. The number of para-hydroxylation sites is 4. The van der Waals surface area contributed by atoms with Gasteiger partial charge in [-0.15, -0.1) is 0 Å². The molecule has 9 aromatic carbocycles. The average Bonchev–Trinajstić information content (AvgIpc) is 2.67. The summed E-state index contributed by atoms with van der Waals surface area (Å²) in [5.74, 6) is 1.90. The second-order valence-electron chi connectivity index (χ2n) is 27.5. The molecule has 0 saturated carbocycles. The Hall–Kier alpha value is -8.41. The standard InChI is InChI=1S/C76H73N5/c1-72(2,3)49-37-47(38-50(42-49)73(4,5)6)69-77-70(48-39-51(74(7,8)9)43-52(40-48)75(10,11)12)79-71(78-69)60-41-46(53-25-16-21-31-63(53)80-64-32-22-17-27-55(64)56-28-18-23-33-65(56)80)35-36-67(60)81-66-34-24-19-29-57(66)59-44-58-54-26-15-20-30-61(54)76(13,14)62(58)45-68(59)81/h15-45H,1-14H3. The number of nitrogens with zero attached hydrogens (tertiary/aromatic N) is 5. The van der Waals surface area contributed by atoms with E-state index in [0.29, 0.717) is 17.5 Å². The molecular weight excluding hydrogens is 983 g/mol. The molecule has 0 unspecified atom stereocenters. The van der Waals surface area contributed by atoms with Gasteiger partial charge in [-0.1, -0.05) is 212 Å². The Morgan fingerprint density at radius 2 is 0.704 bits per heavy atom. The van der Waals surface area contributed by atoms with E-state index in [4.69, 9.17) is 15.0 Å². The van der Waals surface area contributed by atoms with Gasteiger partial charge in [-0.2, -0.15) is 0 Å². The van der Waals surface area contributed by atoms with Crippen LogP contribution >= 0.6 is 0 Å². The van der Waals surface area contributed by atoms with Crippen LogP contribution in [0, 0.1) is 0 Å². The van der Waals surface area contributed by atoms with Crippen molar-refractivity contribution in [3.8, 4) is 67.8 Å². The van der Waals surface area contributed by atoms with Gasteiger partial charge in [0.15, 0.2) is 17.5 Å². The van der Waals surface area contributed by atoms with Crippen LogP contribution in [-0.2, 0) is 27.1 Å². The Bertz CT molecular complexity index is 4320. The first-order valence-electron chi connectivity index (χ1n) is 28.9. The van der Waals surface area contributed by atoms with Crippen molar-refractivity contribution in [3.63, 3.8) is 0 Å². The highest BCUT2D eigenvalue weighted by atomic mass is 15.1. The van der Waals surface area contributed by atoms with Gasteiger partial charge in [-0.05, 0) is 145 Å². The lowest BCUT2D eigenvalue weighted by molar-refractivity contribution is 0.568. The molecule has 0 radical (unpaired) electrons. The third kappa shape index (κ3) is 8.70. The molecule has 13 rings (SSSR count). The monoisotopic (exact) mass is 1060 g/mol. The molecule has 0 saturated heterocycles. The van der Waals surface area contributed by atoms with Gasteiger partial charge in [0.2, 0.25) is 0 Å². The van der Waals surface area contributed by atoms with E-state index in [1.807, 2.05) is 0 Å². The Kier molecular flexibility index (Phi) is 11.8. The van der Waals surface area contributed by atoms with Gasteiger partial charge in [0.1, 0.15) is 0 Å². The van der Waals surface area contributed by atoms with Crippen LogP contribution in [0.1, 0.15) is 130 Å². The topological polar surface area (TPSA) is 48.5 Å². The molecule has 3 aromatic heterocycles. The fraction of sp³-hybridized carbons (Fsp3) is 0.250. The summed E-state index contributed by atoms with van der Waals surface area (Å²) in [4.78, 5) is 17.2.